The van der Waals surface area contributed by atoms with Gasteiger partial charge in [0.2, 0.25) is 0 Å². The van der Waals surface area contributed by atoms with Crippen molar-refractivity contribution in [2.75, 3.05) is 24.5 Å². The van der Waals surface area contributed by atoms with Crippen LogP contribution < -0.4 is 4.90 Å². The lowest BCUT2D eigenvalue weighted by Gasteiger charge is -2.33. The fourth-order valence-corrected chi connectivity index (χ4v) is 2.56. The number of amides is 2. The molecule has 0 unspecified atom stereocenters. The summed E-state index contributed by atoms with van der Waals surface area (Å²) < 4.78 is 0. The fourth-order valence-electron chi connectivity index (χ4n) is 2.56. The van der Waals surface area contributed by atoms with E-state index >= 15 is 0 Å². The van der Waals surface area contributed by atoms with E-state index in [1.165, 1.54) is 4.90 Å². The molecule has 21 heavy (non-hydrogen) atoms. The van der Waals surface area contributed by atoms with Gasteiger partial charge < -0.3 is 10.0 Å². The highest BCUT2D eigenvalue weighted by atomic mass is 16.4. The van der Waals surface area contributed by atoms with Crippen molar-refractivity contribution in [1.82, 2.24) is 4.90 Å². The maximum Gasteiger partial charge on any atom is 0.325 e. The second-order valence-corrected chi connectivity index (χ2v) is 5.12. The molecule has 1 N–H and O–H groups in total. The third kappa shape index (κ3) is 3.34. The zero-order valence-corrected chi connectivity index (χ0v) is 12.0. The lowest BCUT2D eigenvalue weighted by molar-refractivity contribution is -0.137. The van der Waals surface area contributed by atoms with Gasteiger partial charge in [0.15, 0.2) is 0 Å². The number of hydrogen-bond acceptors (Lipinski definition) is 2. The van der Waals surface area contributed by atoms with Gasteiger partial charge in [0.25, 0.3) is 0 Å². The Morgan fingerprint density at radius 3 is 2.90 bits per heavy atom. The summed E-state index contributed by atoms with van der Waals surface area (Å²) in [7, 11) is 0. The van der Waals surface area contributed by atoms with Crippen LogP contribution in [0.15, 0.2) is 18.2 Å². The van der Waals surface area contributed by atoms with Crippen LogP contribution in [0.2, 0.25) is 0 Å². The van der Waals surface area contributed by atoms with Crippen LogP contribution in [0.4, 0.5) is 10.5 Å². The SMILES string of the molecule is C#CCN(CC(=O)O)C(=O)N1CCCc2cc(C)ccc21. The second-order valence-electron chi connectivity index (χ2n) is 5.12. The first-order chi connectivity index (χ1) is 10.0. The summed E-state index contributed by atoms with van der Waals surface area (Å²) in [6, 6.07) is 5.58. The summed E-state index contributed by atoms with van der Waals surface area (Å²) in [5.74, 6) is 1.27. The molecule has 0 saturated heterocycles. The predicted octanol–water partition coefficient (Wildman–Crippen LogP) is 1.89. The van der Waals surface area contributed by atoms with Crippen LogP contribution in [0.1, 0.15) is 17.5 Å². The number of carbonyl (C=O) groups excluding carboxylic acids is 1. The van der Waals surface area contributed by atoms with Gasteiger partial charge in [-0.15, -0.1) is 6.42 Å². The quantitative estimate of drug-likeness (QED) is 0.863. The molecule has 2 amide bonds. The molecule has 1 heterocycles. The highest BCUT2D eigenvalue weighted by Gasteiger charge is 2.27. The fraction of sp³-hybridized carbons (Fsp3) is 0.375. The number of aliphatic carboxylic acids is 1. The van der Waals surface area contributed by atoms with Crippen molar-refractivity contribution in [3.05, 3.63) is 29.3 Å². The number of terminal acetylenes is 1. The van der Waals surface area contributed by atoms with Crippen molar-refractivity contribution >= 4 is 17.7 Å². The van der Waals surface area contributed by atoms with E-state index in [9.17, 15) is 9.59 Å². The summed E-state index contributed by atoms with van der Waals surface area (Å²) in [6.07, 6.45) is 7.02. The van der Waals surface area contributed by atoms with E-state index in [0.29, 0.717) is 6.54 Å². The molecule has 1 aliphatic rings. The van der Waals surface area contributed by atoms with Gasteiger partial charge in [0.05, 0.1) is 6.54 Å². The minimum atomic E-state index is -1.07. The van der Waals surface area contributed by atoms with E-state index < -0.39 is 5.97 Å². The van der Waals surface area contributed by atoms with Gasteiger partial charge in [-0.1, -0.05) is 23.6 Å². The molecule has 5 nitrogen and oxygen atoms in total. The first-order valence-corrected chi connectivity index (χ1v) is 6.84. The normalized spacial score (nSPS) is 13.2. The Kier molecular flexibility index (Phi) is 4.49. The number of urea groups is 1. The third-order valence-corrected chi connectivity index (χ3v) is 3.46. The Balaban J connectivity index is 2.27. The van der Waals surface area contributed by atoms with Crippen molar-refractivity contribution in [2.24, 2.45) is 0 Å². The summed E-state index contributed by atoms with van der Waals surface area (Å²) >= 11 is 0. The number of carbonyl (C=O) groups is 2. The largest absolute Gasteiger partial charge is 0.480 e. The Morgan fingerprint density at radius 1 is 1.48 bits per heavy atom. The van der Waals surface area contributed by atoms with Crippen LogP contribution in [-0.4, -0.2) is 41.6 Å². The predicted molar refractivity (Wildman–Crippen MR) is 80.3 cm³/mol. The van der Waals surface area contributed by atoms with E-state index in [-0.39, 0.29) is 19.1 Å². The molecule has 2 rings (SSSR count). The molecule has 0 atom stereocenters. The topological polar surface area (TPSA) is 60.9 Å². The van der Waals surface area contributed by atoms with E-state index in [2.05, 4.69) is 12.0 Å². The number of nitrogens with zero attached hydrogens (tertiary/aromatic N) is 2. The number of carboxylic acid groups (broad SMARTS) is 1. The monoisotopic (exact) mass is 286 g/mol. The Morgan fingerprint density at radius 2 is 2.24 bits per heavy atom. The molecule has 1 aromatic rings. The first kappa shape index (κ1) is 14.9. The van der Waals surface area contributed by atoms with Gasteiger partial charge in [-0.25, -0.2) is 4.79 Å². The van der Waals surface area contributed by atoms with Crippen molar-refractivity contribution in [3.63, 3.8) is 0 Å². The van der Waals surface area contributed by atoms with Crippen LogP contribution in [0, 0.1) is 19.3 Å². The molecule has 5 heteroatoms. The molecular weight excluding hydrogens is 268 g/mol. The first-order valence-electron chi connectivity index (χ1n) is 6.84. The highest BCUT2D eigenvalue weighted by molar-refractivity contribution is 5.95. The molecule has 0 saturated carbocycles. The number of aryl methyl sites for hydroxylation is 2. The zero-order valence-electron chi connectivity index (χ0n) is 12.0. The summed E-state index contributed by atoms with van der Waals surface area (Å²) in [4.78, 5) is 26.2. The van der Waals surface area contributed by atoms with Crippen molar-refractivity contribution < 1.29 is 14.7 Å². The van der Waals surface area contributed by atoms with Crippen molar-refractivity contribution in [2.45, 2.75) is 19.8 Å². The average Bonchev–Trinajstić information content (AvgIpc) is 2.44. The highest BCUT2D eigenvalue weighted by Crippen LogP contribution is 2.28. The average molecular weight is 286 g/mol. The van der Waals surface area contributed by atoms with Crippen molar-refractivity contribution in [3.8, 4) is 12.3 Å². The van der Waals surface area contributed by atoms with Crippen LogP contribution in [0.25, 0.3) is 0 Å². The molecule has 1 aromatic carbocycles. The number of carboxylic acids is 1. The number of anilines is 1. The second kappa shape index (κ2) is 6.31. The molecule has 0 radical (unpaired) electrons. The van der Waals surface area contributed by atoms with E-state index in [1.54, 1.807) is 4.90 Å². The Bertz CT molecular complexity index is 604. The maximum absolute atomic E-state index is 12.6. The number of benzene rings is 1. The Hall–Kier alpha value is -2.48. The maximum atomic E-state index is 12.6. The summed E-state index contributed by atoms with van der Waals surface area (Å²) in [5, 5.41) is 8.91. The van der Waals surface area contributed by atoms with Gasteiger partial charge in [-0.05, 0) is 31.4 Å². The number of rotatable bonds is 3. The Labute approximate surface area is 124 Å². The zero-order chi connectivity index (χ0) is 15.4. The number of fused-ring (bicyclic) bond motifs is 1. The van der Waals surface area contributed by atoms with Crippen LogP contribution in [-0.2, 0) is 11.2 Å². The van der Waals surface area contributed by atoms with E-state index in [0.717, 1.165) is 29.7 Å². The molecule has 1 aliphatic heterocycles. The van der Waals surface area contributed by atoms with Crippen LogP contribution >= 0.6 is 0 Å². The lowest BCUT2D eigenvalue weighted by atomic mass is 10.00. The van der Waals surface area contributed by atoms with Gasteiger partial charge >= 0.3 is 12.0 Å². The summed E-state index contributed by atoms with van der Waals surface area (Å²) in [6.45, 7) is 2.19. The van der Waals surface area contributed by atoms with Gasteiger partial charge in [0.1, 0.15) is 6.54 Å². The van der Waals surface area contributed by atoms with Gasteiger partial charge in [-0.3, -0.25) is 9.69 Å². The van der Waals surface area contributed by atoms with E-state index in [4.69, 9.17) is 11.5 Å². The molecule has 0 spiro atoms. The van der Waals surface area contributed by atoms with Crippen LogP contribution in [0.5, 0.6) is 0 Å². The minimum absolute atomic E-state index is 0.0111. The van der Waals surface area contributed by atoms with Crippen LogP contribution in [0.3, 0.4) is 0 Å². The standard InChI is InChI=1S/C16H18N2O3/c1-3-8-17(11-15(19)20)16(21)18-9-4-5-13-10-12(2)6-7-14(13)18/h1,6-7,10H,4-5,8-9,11H2,2H3,(H,19,20). The molecule has 0 aliphatic carbocycles. The molecule has 0 fully saturated rings. The number of hydrogen-bond donors (Lipinski definition) is 1. The molecule has 110 valence electrons. The molecule has 0 aromatic heterocycles. The molecular formula is C16H18N2O3. The van der Waals surface area contributed by atoms with Gasteiger partial charge in [-0.2, -0.15) is 0 Å². The summed E-state index contributed by atoms with van der Waals surface area (Å²) in [5.41, 5.74) is 3.11. The van der Waals surface area contributed by atoms with E-state index in [1.807, 2.05) is 19.1 Å². The smallest absolute Gasteiger partial charge is 0.325 e. The van der Waals surface area contributed by atoms with Crippen molar-refractivity contribution in [1.29, 1.82) is 0 Å². The minimum Gasteiger partial charge on any atom is -0.480 e. The third-order valence-electron chi connectivity index (χ3n) is 3.46. The van der Waals surface area contributed by atoms with Gasteiger partial charge in [0, 0.05) is 12.2 Å². The lowest BCUT2D eigenvalue weighted by Crippen LogP contribution is -2.47. The molecule has 0 bridgehead atoms.